The van der Waals surface area contributed by atoms with Gasteiger partial charge in [0.05, 0.1) is 18.8 Å². The van der Waals surface area contributed by atoms with Gasteiger partial charge in [-0.15, -0.1) is 0 Å². The molecule has 6 nitrogen and oxygen atoms in total. The number of hydrogen-bond donors (Lipinski definition) is 1. The number of methoxy groups -OCH3 is 1. The second kappa shape index (κ2) is 8.16. The highest BCUT2D eigenvalue weighted by Crippen LogP contribution is 2.56. The van der Waals surface area contributed by atoms with E-state index in [-0.39, 0.29) is 17.4 Å². The molecule has 3 heterocycles. The molecule has 2 fully saturated rings. The molecule has 1 aliphatic carbocycles. The SMILES string of the molecule is COc1ccc2c(c1)[C@@]13CCN(CCc4ccccn4)CC[C@@]1(O)[C@@H](C2)N(C(C)=O)CC3. The fourth-order valence-electron chi connectivity index (χ4n) is 6.51. The molecule has 3 aliphatic rings. The van der Waals surface area contributed by atoms with Crippen LogP contribution in [0.5, 0.6) is 5.75 Å². The van der Waals surface area contributed by atoms with Gasteiger partial charge in [-0.25, -0.2) is 0 Å². The van der Waals surface area contributed by atoms with Crippen LogP contribution in [0, 0.1) is 0 Å². The normalized spacial score (nSPS) is 29.6. The lowest BCUT2D eigenvalue weighted by Gasteiger charge is -2.61. The first-order chi connectivity index (χ1) is 15.5. The van der Waals surface area contributed by atoms with E-state index in [1.54, 1.807) is 14.0 Å². The molecule has 2 bridgehead atoms. The van der Waals surface area contributed by atoms with E-state index < -0.39 is 5.60 Å². The highest BCUT2D eigenvalue weighted by atomic mass is 16.5. The highest BCUT2D eigenvalue weighted by Gasteiger charge is 2.63. The Labute approximate surface area is 190 Å². The average molecular weight is 436 g/mol. The lowest BCUT2D eigenvalue weighted by molar-refractivity contribution is -0.166. The number of piperidine rings is 1. The van der Waals surface area contributed by atoms with E-state index in [1.165, 1.54) is 11.1 Å². The zero-order valence-corrected chi connectivity index (χ0v) is 19.1. The third-order valence-corrected chi connectivity index (χ3v) is 8.26. The van der Waals surface area contributed by atoms with Crippen molar-refractivity contribution in [3.05, 3.63) is 59.4 Å². The van der Waals surface area contributed by atoms with Crippen LogP contribution in [0.1, 0.15) is 43.0 Å². The van der Waals surface area contributed by atoms with E-state index in [0.717, 1.165) is 50.3 Å². The van der Waals surface area contributed by atoms with Gasteiger partial charge in [-0.05, 0) is 67.6 Å². The molecule has 2 aliphatic heterocycles. The Balaban J connectivity index is 1.49. The van der Waals surface area contributed by atoms with E-state index in [2.05, 4.69) is 28.1 Å². The van der Waals surface area contributed by atoms with Crippen molar-refractivity contribution in [3.8, 4) is 5.75 Å². The lowest BCUT2D eigenvalue weighted by Crippen LogP contribution is -2.72. The number of fused-ring (bicyclic) bond motifs is 1. The van der Waals surface area contributed by atoms with Crippen LogP contribution in [0.25, 0.3) is 0 Å². The Morgan fingerprint density at radius 1 is 1.19 bits per heavy atom. The third-order valence-electron chi connectivity index (χ3n) is 8.26. The van der Waals surface area contributed by atoms with Gasteiger partial charge in [0.2, 0.25) is 5.91 Å². The maximum atomic E-state index is 12.5. The van der Waals surface area contributed by atoms with Gasteiger partial charge in [-0.3, -0.25) is 9.78 Å². The summed E-state index contributed by atoms with van der Waals surface area (Å²) in [7, 11) is 1.70. The van der Waals surface area contributed by atoms with Gasteiger partial charge in [-0.2, -0.15) is 0 Å². The van der Waals surface area contributed by atoms with Crippen LogP contribution in [-0.4, -0.2) is 70.7 Å². The average Bonchev–Trinajstić information content (AvgIpc) is 2.96. The van der Waals surface area contributed by atoms with Crippen LogP contribution < -0.4 is 4.74 Å². The number of nitrogens with zero attached hydrogens (tertiary/aromatic N) is 3. The van der Waals surface area contributed by atoms with Crippen LogP contribution >= 0.6 is 0 Å². The van der Waals surface area contributed by atoms with Crippen molar-refractivity contribution in [1.82, 2.24) is 14.8 Å². The second-order valence-corrected chi connectivity index (χ2v) is 9.62. The van der Waals surface area contributed by atoms with Crippen molar-refractivity contribution in [2.24, 2.45) is 0 Å². The first kappa shape index (κ1) is 21.4. The number of rotatable bonds is 4. The van der Waals surface area contributed by atoms with Crippen molar-refractivity contribution in [2.75, 3.05) is 33.3 Å². The number of likely N-dealkylation sites (tertiary alicyclic amines) is 2. The van der Waals surface area contributed by atoms with Gasteiger partial charge in [0.1, 0.15) is 5.75 Å². The first-order valence-electron chi connectivity index (χ1n) is 11.8. The minimum Gasteiger partial charge on any atom is -0.497 e. The molecule has 3 atom stereocenters. The molecule has 0 saturated carbocycles. The van der Waals surface area contributed by atoms with Gasteiger partial charge in [0.15, 0.2) is 0 Å². The number of carbonyl (C=O) groups is 1. The molecule has 32 heavy (non-hydrogen) atoms. The number of aliphatic hydroxyl groups is 1. The molecule has 1 aromatic carbocycles. The highest BCUT2D eigenvalue weighted by molar-refractivity contribution is 5.74. The Morgan fingerprint density at radius 2 is 2.00 bits per heavy atom. The van der Waals surface area contributed by atoms with E-state index in [0.29, 0.717) is 19.4 Å². The minimum atomic E-state index is -0.934. The fourth-order valence-corrected chi connectivity index (χ4v) is 6.51. The first-order valence-corrected chi connectivity index (χ1v) is 11.8. The number of amides is 1. The number of carbonyl (C=O) groups excluding carboxylic acids is 1. The molecule has 2 saturated heterocycles. The third kappa shape index (κ3) is 3.32. The summed E-state index contributed by atoms with van der Waals surface area (Å²) in [5.74, 6) is 0.898. The smallest absolute Gasteiger partial charge is 0.219 e. The quantitative estimate of drug-likeness (QED) is 0.800. The molecule has 6 heteroatoms. The number of benzene rings is 1. The summed E-state index contributed by atoms with van der Waals surface area (Å²) in [5, 5.41) is 12.4. The van der Waals surface area contributed by atoms with Gasteiger partial charge < -0.3 is 19.6 Å². The molecule has 0 unspecified atom stereocenters. The topological polar surface area (TPSA) is 65.9 Å². The molecule has 170 valence electrons. The summed E-state index contributed by atoms with van der Waals surface area (Å²) in [6.07, 6.45) is 5.78. The molecule has 1 N–H and O–H groups in total. The molecule has 0 spiro atoms. The van der Waals surface area contributed by atoms with E-state index in [9.17, 15) is 9.90 Å². The predicted molar refractivity (Wildman–Crippen MR) is 123 cm³/mol. The number of hydrogen-bond acceptors (Lipinski definition) is 5. The summed E-state index contributed by atoms with van der Waals surface area (Å²) in [4.78, 5) is 21.4. The maximum Gasteiger partial charge on any atom is 0.219 e. The van der Waals surface area contributed by atoms with Crippen molar-refractivity contribution >= 4 is 5.91 Å². The molecular formula is C26H33N3O3. The van der Waals surface area contributed by atoms with Gasteiger partial charge in [0, 0.05) is 50.3 Å². The summed E-state index contributed by atoms with van der Waals surface area (Å²) in [5.41, 5.74) is 2.28. The van der Waals surface area contributed by atoms with E-state index in [4.69, 9.17) is 4.74 Å². The molecule has 1 amide bonds. The monoisotopic (exact) mass is 435 g/mol. The number of pyridine rings is 1. The Hall–Kier alpha value is -2.44. The summed E-state index contributed by atoms with van der Waals surface area (Å²) >= 11 is 0. The maximum absolute atomic E-state index is 12.5. The van der Waals surface area contributed by atoms with Crippen molar-refractivity contribution in [1.29, 1.82) is 0 Å². The summed E-state index contributed by atoms with van der Waals surface area (Å²) in [6, 6.07) is 12.2. The summed E-state index contributed by atoms with van der Waals surface area (Å²) in [6.45, 7) is 5.02. The number of ether oxygens (including phenoxy) is 1. The lowest BCUT2D eigenvalue weighted by atomic mass is 9.52. The van der Waals surface area contributed by atoms with Gasteiger partial charge in [-0.1, -0.05) is 12.1 Å². The van der Waals surface area contributed by atoms with Gasteiger partial charge >= 0.3 is 0 Å². The predicted octanol–water partition coefficient (Wildman–Crippen LogP) is 2.57. The Morgan fingerprint density at radius 3 is 2.75 bits per heavy atom. The largest absolute Gasteiger partial charge is 0.497 e. The standard InChI is InChI=1S/C26H33N3O3/c1-19(30)29-16-10-25-9-14-28(13-8-21-5-3-4-12-27-21)15-11-26(25,31)24(29)17-20-6-7-22(32-2)18-23(20)25/h3-7,12,18,24,31H,8-11,13-17H2,1-2H3/t24-,25+,26-/m1/s1. The molecular weight excluding hydrogens is 402 g/mol. The molecule has 2 aromatic rings. The zero-order valence-electron chi connectivity index (χ0n) is 19.1. The van der Waals surface area contributed by atoms with E-state index >= 15 is 0 Å². The zero-order chi connectivity index (χ0) is 22.3. The molecule has 0 radical (unpaired) electrons. The van der Waals surface area contributed by atoms with Crippen LogP contribution in [-0.2, 0) is 23.1 Å². The molecule has 1 aromatic heterocycles. The van der Waals surface area contributed by atoms with Crippen molar-refractivity contribution < 1.29 is 14.6 Å². The minimum absolute atomic E-state index is 0.0604. The Kier molecular flexibility index (Phi) is 5.46. The summed E-state index contributed by atoms with van der Waals surface area (Å²) < 4.78 is 5.56. The van der Waals surface area contributed by atoms with Crippen LogP contribution in [0.3, 0.4) is 0 Å². The van der Waals surface area contributed by atoms with Crippen LogP contribution in [0.2, 0.25) is 0 Å². The fraction of sp³-hybridized carbons (Fsp3) is 0.538. The van der Waals surface area contributed by atoms with Gasteiger partial charge in [0.25, 0.3) is 0 Å². The van der Waals surface area contributed by atoms with Crippen LogP contribution in [0.15, 0.2) is 42.6 Å². The second-order valence-electron chi connectivity index (χ2n) is 9.62. The van der Waals surface area contributed by atoms with E-state index in [1.807, 2.05) is 29.3 Å². The Bertz CT molecular complexity index is 997. The van der Waals surface area contributed by atoms with Crippen molar-refractivity contribution in [3.63, 3.8) is 0 Å². The van der Waals surface area contributed by atoms with Crippen molar-refractivity contribution in [2.45, 2.75) is 56.1 Å². The number of aromatic nitrogens is 1. The van der Waals surface area contributed by atoms with Crippen LogP contribution in [0.4, 0.5) is 0 Å². The molecule has 5 rings (SSSR count).